The number of hydrogen-bond acceptors (Lipinski definition) is 1. The van der Waals surface area contributed by atoms with Gasteiger partial charge < -0.3 is 4.74 Å². The maximum absolute atomic E-state index is 12.3. The Balaban J connectivity index is 3.11. The average Bonchev–Trinajstić information content (AvgIpc) is 1.95. The molecule has 90 valence electrons. The lowest BCUT2D eigenvalue weighted by Gasteiger charge is -2.50. The van der Waals surface area contributed by atoms with E-state index in [1.54, 1.807) is 0 Å². The molecule has 0 aromatic rings. The molecule has 1 heterocycles. The van der Waals surface area contributed by atoms with Gasteiger partial charge in [0.25, 0.3) is 4.87 Å². The molecule has 0 spiro atoms. The maximum Gasteiger partial charge on any atom is 0.419 e. The Labute approximate surface area is 81.9 Å². The van der Waals surface area contributed by atoms with Gasteiger partial charge in [0.05, 0.1) is 0 Å². The SMILES string of the molecule is FC(F)(F)[C@H]1OC(F)(F)[C@@]1(Cl)C(F)(F)F. The van der Waals surface area contributed by atoms with Crippen molar-refractivity contribution in [2.75, 3.05) is 0 Å². The van der Waals surface area contributed by atoms with Gasteiger partial charge in [-0.2, -0.15) is 35.1 Å². The summed E-state index contributed by atoms with van der Waals surface area (Å²) in [6.07, 6.45) is -20.4. The lowest BCUT2D eigenvalue weighted by atomic mass is 9.92. The number of ether oxygens (including phenoxy) is 1. The molecule has 1 saturated heterocycles. The molecule has 1 aliphatic heterocycles. The molecule has 1 aliphatic rings. The lowest BCUT2D eigenvalue weighted by molar-refractivity contribution is -0.471. The zero-order valence-electron chi connectivity index (χ0n) is 6.39. The van der Waals surface area contributed by atoms with Gasteiger partial charge in [-0.25, -0.2) is 0 Å². The normalized spacial score (nSPS) is 36.2. The summed E-state index contributed by atoms with van der Waals surface area (Å²) >= 11 is 4.31. The van der Waals surface area contributed by atoms with Crippen LogP contribution in [0.25, 0.3) is 0 Å². The molecular formula is C5HClF8O. The Kier molecular flexibility index (Phi) is 2.45. The molecule has 10 heteroatoms. The molecule has 15 heavy (non-hydrogen) atoms. The van der Waals surface area contributed by atoms with Crippen molar-refractivity contribution in [3.05, 3.63) is 0 Å². The second kappa shape index (κ2) is 2.88. The van der Waals surface area contributed by atoms with E-state index in [-0.39, 0.29) is 0 Å². The largest absolute Gasteiger partial charge is 0.419 e. The van der Waals surface area contributed by atoms with E-state index in [9.17, 15) is 35.1 Å². The second-order valence-corrected chi connectivity index (χ2v) is 3.36. The highest BCUT2D eigenvalue weighted by Crippen LogP contribution is 2.62. The van der Waals surface area contributed by atoms with Crippen molar-refractivity contribution in [2.24, 2.45) is 0 Å². The Morgan fingerprint density at radius 1 is 1.00 bits per heavy atom. The third-order valence-electron chi connectivity index (χ3n) is 1.76. The number of hydrogen-bond donors (Lipinski definition) is 0. The van der Waals surface area contributed by atoms with Crippen LogP contribution in [0.5, 0.6) is 0 Å². The van der Waals surface area contributed by atoms with Crippen LogP contribution >= 0.6 is 11.6 Å². The van der Waals surface area contributed by atoms with Gasteiger partial charge in [0, 0.05) is 0 Å². The summed E-state index contributed by atoms with van der Waals surface area (Å²) in [7, 11) is 0. The van der Waals surface area contributed by atoms with E-state index in [1.165, 1.54) is 0 Å². The predicted octanol–water partition coefficient (Wildman–Crippen LogP) is 3.08. The first kappa shape index (κ1) is 12.8. The standard InChI is InChI=1S/C5HClF8O/c6-2(4(10,11)12)1(3(7,8)9)15-5(2,13)14/h1H/t1-,2-/m0/s1. The van der Waals surface area contributed by atoms with Crippen LogP contribution in [0.3, 0.4) is 0 Å². The molecule has 0 N–H and O–H groups in total. The van der Waals surface area contributed by atoms with Gasteiger partial charge in [0.15, 0.2) is 6.10 Å². The molecule has 0 aromatic carbocycles. The van der Waals surface area contributed by atoms with Crippen molar-refractivity contribution in [3.8, 4) is 0 Å². The molecule has 1 rings (SSSR count). The Bertz CT molecular complexity index is 257. The number of halogens is 9. The quantitative estimate of drug-likeness (QED) is 0.483. The van der Waals surface area contributed by atoms with Gasteiger partial charge >= 0.3 is 18.5 Å². The molecule has 0 aromatic heterocycles. The number of alkyl halides is 9. The first-order valence-electron chi connectivity index (χ1n) is 3.22. The van der Waals surface area contributed by atoms with Crippen LogP contribution in [-0.2, 0) is 4.74 Å². The average molecular weight is 264 g/mol. The van der Waals surface area contributed by atoms with E-state index in [0.717, 1.165) is 0 Å². The van der Waals surface area contributed by atoms with Crippen molar-refractivity contribution in [1.29, 1.82) is 0 Å². The molecule has 0 saturated carbocycles. The van der Waals surface area contributed by atoms with E-state index in [0.29, 0.717) is 0 Å². The van der Waals surface area contributed by atoms with Crippen molar-refractivity contribution < 1.29 is 39.9 Å². The van der Waals surface area contributed by atoms with Crippen LogP contribution in [-0.4, -0.2) is 29.4 Å². The fraction of sp³-hybridized carbons (Fsp3) is 1.00. The van der Waals surface area contributed by atoms with E-state index >= 15 is 0 Å². The van der Waals surface area contributed by atoms with Gasteiger partial charge in [-0.15, -0.1) is 0 Å². The summed E-state index contributed by atoms with van der Waals surface area (Å²) in [5.41, 5.74) is 0. The van der Waals surface area contributed by atoms with Crippen molar-refractivity contribution in [2.45, 2.75) is 29.4 Å². The molecule has 1 nitrogen and oxygen atoms in total. The summed E-state index contributed by atoms with van der Waals surface area (Å²) in [5.74, 6) is 0. The van der Waals surface area contributed by atoms with E-state index < -0.39 is 29.4 Å². The summed E-state index contributed by atoms with van der Waals surface area (Å²) in [6.45, 7) is 0. The van der Waals surface area contributed by atoms with Gasteiger partial charge in [0.1, 0.15) is 0 Å². The number of rotatable bonds is 0. The Hall–Kier alpha value is -0.310. The van der Waals surface area contributed by atoms with Gasteiger partial charge in [-0.05, 0) is 0 Å². The molecule has 0 amide bonds. The highest BCUT2D eigenvalue weighted by atomic mass is 35.5. The first-order valence-corrected chi connectivity index (χ1v) is 3.60. The van der Waals surface area contributed by atoms with E-state index in [2.05, 4.69) is 16.3 Å². The fourth-order valence-electron chi connectivity index (χ4n) is 1.02. The summed E-state index contributed by atoms with van der Waals surface area (Å²) in [5, 5.41) is 0. The summed E-state index contributed by atoms with van der Waals surface area (Å²) in [6, 6.07) is 0. The lowest BCUT2D eigenvalue weighted by Crippen LogP contribution is -2.77. The minimum atomic E-state index is -5.93. The summed E-state index contributed by atoms with van der Waals surface area (Å²) < 4.78 is 98.8. The zero-order valence-corrected chi connectivity index (χ0v) is 7.14. The van der Waals surface area contributed by atoms with Crippen LogP contribution in [0.2, 0.25) is 0 Å². The van der Waals surface area contributed by atoms with Crippen LogP contribution in [0, 0.1) is 0 Å². The molecule has 1 fully saturated rings. The van der Waals surface area contributed by atoms with Crippen molar-refractivity contribution in [3.63, 3.8) is 0 Å². The Morgan fingerprint density at radius 3 is 1.53 bits per heavy atom. The Morgan fingerprint density at radius 2 is 1.40 bits per heavy atom. The van der Waals surface area contributed by atoms with E-state index in [1.807, 2.05) is 0 Å². The van der Waals surface area contributed by atoms with Gasteiger partial charge in [0.2, 0.25) is 0 Å². The highest BCUT2D eigenvalue weighted by Gasteiger charge is 2.87. The van der Waals surface area contributed by atoms with Gasteiger partial charge in [-0.3, -0.25) is 0 Å². The smallest absolute Gasteiger partial charge is 0.303 e. The molecule has 0 aliphatic carbocycles. The van der Waals surface area contributed by atoms with Crippen LogP contribution in [0.15, 0.2) is 0 Å². The van der Waals surface area contributed by atoms with Crippen molar-refractivity contribution in [1.82, 2.24) is 0 Å². The monoisotopic (exact) mass is 264 g/mol. The molecule has 0 radical (unpaired) electrons. The molecular weight excluding hydrogens is 263 g/mol. The minimum Gasteiger partial charge on any atom is -0.303 e. The van der Waals surface area contributed by atoms with Crippen molar-refractivity contribution >= 4 is 11.6 Å². The van der Waals surface area contributed by atoms with E-state index in [4.69, 9.17) is 0 Å². The molecule has 0 unspecified atom stereocenters. The van der Waals surface area contributed by atoms with Gasteiger partial charge in [-0.1, -0.05) is 11.6 Å². The van der Waals surface area contributed by atoms with Crippen LogP contribution in [0.4, 0.5) is 35.1 Å². The van der Waals surface area contributed by atoms with Crippen LogP contribution < -0.4 is 0 Å². The highest BCUT2D eigenvalue weighted by molar-refractivity contribution is 6.26. The topological polar surface area (TPSA) is 9.23 Å². The molecule has 0 bridgehead atoms. The third kappa shape index (κ3) is 1.55. The molecule has 2 atom stereocenters. The second-order valence-electron chi connectivity index (χ2n) is 2.77. The van der Waals surface area contributed by atoms with Crippen LogP contribution in [0.1, 0.15) is 0 Å². The zero-order chi connectivity index (χ0) is 12.3. The predicted molar refractivity (Wildman–Crippen MR) is 30.5 cm³/mol. The summed E-state index contributed by atoms with van der Waals surface area (Å²) in [4.78, 5) is -4.75. The maximum atomic E-state index is 12.3. The fourth-order valence-corrected chi connectivity index (χ4v) is 1.23. The third-order valence-corrected chi connectivity index (χ3v) is 2.39. The minimum absolute atomic E-state index is 2.82. The first-order chi connectivity index (χ1) is 6.34.